The van der Waals surface area contributed by atoms with Crippen LogP contribution in [0.3, 0.4) is 0 Å². The maximum atomic E-state index is 10.5. The first kappa shape index (κ1) is 13.0. The second-order valence-electron chi connectivity index (χ2n) is 2.44. The Morgan fingerprint density at radius 3 is 2.18 bits per heavy atom. The van der Waals surface area contributed by atoms with Gasteiger partial charge < -0.3 is 0 Å². The number of hydrogen-bond donors (Lipinski definition) is 0. The van der Waals surface area contributed by atoms with Crippen LogP contribution in [-0.4, -0.2) is 30.8 Å². The highest BCUT2D eigenvalue weighted by atomic mass is 16.1. The number of likely N-dealkylation sites (N-methyl/N-ethyl adjacent to an activating group) is 1. The van der Waals surface area contributed by atoms with E-state index in [1.165, 1.54) is 0 Å². The van der Waals surface area contributed by atoms with Gasteiger partial charge >= 0.3 is 0 Å². The zero-order chi connectivity index (χ0) is 9.28. The van der Waals surface area contributed by atoms with Crippen molar-refractivity contribution in [2.75, 3.05) is 20.1 Å². The Labute approximate surface area is 69.9 Å². The molecular formula is C9H19NO. The molecule has 0 aliphatic carbocycles. The van der Waals surface area contributed by atoms with Crippen LogP contribution in [0.25, 0.3) is 0 Å². The fourth-order valence-corrected chi connectivity index (χ4v) is 0.841. The molecule has 11 heavy (non-hydrogen) atoms. The Hall–Kier alpha value is -0.630. The van der Waals surface area contributed by atoms with Crippen LogP contribution in [0.5, 0.6) is 0 Å². The van der Waals surface area contributed by atoms with Crippen molar-refractivity contribution in [2.24, 2.45) is 0 Å². The van der Waals surface area contributed by atoms with E-state index in [-0.39, 0.29) is 5.78 Å². The summed E-state index contributed by atoms with van der Waals surface area (Å²) in [5, 5.41) is 0. The number of nitrogens with zero attached hydrogens (tertiary/aromatic N) is 1. The summed E-state index contributed by atoms with van der Waals surface area (Å²) in [7, 11) is 1.96. The first-order valence-corrected chi connectivity index (χ1v) is 3.84. The minimum absolute atomic E-state index is 0.242. The molecule has 0 N–H and O–H groups in total. The highest BCUT2D eigenvalue weighted by Gasteiger charge is 1.97. The van der Waals surface area contributed by atoms with Gasteiger partial charge in [0.1, 0.15) is 5.78 Å². The van der Waals surface area contributed by atoms with Gasteiger partial charge in [-0.15, -0.1) is 13.2 Å². The second kappa shape index (κ2) is 9.37. The normalized spacial score (nSPS) is 8.73. The van der Waals surface area contributed by atoms with E-state index < -0.39 is 0 Å². The predicted molar refractivity (Wildman–Crippen MR) is 49.7 cm³/mol. The summed E-state index contributed by atoms with van der Waals surface area (Å²) in [5.74, 6) is 0.242. The molecule has 2 nitrogen and oxygen atoms in total. The van der Waals surface area contributed by atoms with Crippen LogP contribution in [0.15, 0.2) is 13.2 Å². The van der Waals surface area contributed by atoms with Gasteiger partial charge in [-0.3, -0.25) is 9.69 Å². The van der Waals surface area contributed by atoms with Crippen LogP contribution < -0.4 is 0 Å². The molecule has 66 valence electrons. The van der Waals surface area contributed by atoms with Crippen molar-refractivity contribution in [3.63, 3.8) is 0 Å². The minimum atomic E-state index is 0.242. The average Bonchev–Trinajstić information content (AvgIpc) is 1.91. The molecule has 0 heterocycles. The van der Waals surface area contributed by atoms with E-state index in [0.717, 1.165) is 13.0 Å². The van der Waals surface area contributed by atoms with E-state index in [1.807, 2.05) is 11.9 Å². The Bertz CT molecular complexity index is 102. The maximum Gasteiger partial charge on any atom is 0.143 e. The van der Waals surface area contributed by atoms with Crippen LogP contribution >= 0.6 is 0 Å². The molecule has 0 aromatic carbocycles. The molecule has 0 saturated heterocycles. The van der Waals surface area contributed by atoms with Gasteiger partial charge in [0, 0.05) is 0 Å². The van der Waals surface area contributed by atoms with E-state index >= 15 is 0 Å². The summed E-state index contributed by atoms with van der Waals surface area (Å²) in [6, 6.07) is 0. The van der Waals surface area contributed by atoms with Crippen molar-refractivity contribution >= 4 is 5.78 Å². The SMILES string of the molecule is C=C.CCCN(C)CC(C)=O. The lowest BCUT2D eigenvalue weighted by Crippen LogP contribution is -2.24. The summed E-state index contributed by atoms with van der Waals surface area (Å²) in [6.07, 6.45) is 1.11. The molecule has 2 heteroatoms. The maximum absolute atomic E-state index is 10.5. The quantitative estimate of drug-likeness (QED) is 0.579. The van der Waals surface area contributed by atoms with E-state index in [2.05, 4.69) is 20.1 Å². The molecule has 0 radical (unpaired) electrons. The lowest BCUT2D eigenvalue weighted by Gasteiger charge is -2.11. The highest BCUT2D eigenvalue weighted by molar-refractivity contribution is 5.77. The van der Waals surface area contributed by atoms with Crippen LogP contribution in [-0.2, 0) is 4.79 Å². The summed E-state index contributed by atoms with van der Waals surface area (Å²) < 4.78 is 0. The number of carbonyl (C=O) groups is 1. The molecule has 0 saturated carbocycles. The average molecular weight is 157 g/mol. The molecule has 0 fully saturated rings. The van der Waals surface area contributed by atoms with Gasteiger partial charge in [0.05, 0.1) is 6.54 Å². The molecule has 0 aromatic heterocycles. The van der Waals surface area contributed by atoms with Crippen molar-refractivity contribution in [1.82, 2.24) is 4.90 Å². The van der Waals surface area contributed by atoms with Crippen molar-refractivity contribution in [1.29, 1.82) is 0 Å². The van der Waals surface area contributed by atoms with Gasteiger partial charge in [0.2, 0.25) is 0 Å². The second-order valence-corrected chi connectivity index (χ2v) is 2.44. The first-order chi connectivity index (χ1) is 5.16. The Kier molecular flexibility index (Phi) is 11.1. The van der Waals surface area contributed by atoms with Crippen LogP contribution in [0.2, 0.25) is 0 Å². The molecule has 0 spiro atoms. The number of rotatable bonds is 4. The van der Waals surface area contributed by atoms with Crippen LogP contribution in [0.4, 0.5) is 0 Å². The molecular weight excluding hydrogens is 138 g/mol. The Morgan fingerprint density at radius 1 is 1.45 bits per heavy atom. The molecule has 0 aromatic rings. The third-order valence-electron chi connectivity index (χ3n) is 1.10. The Balaban J connectivity index is 0. The number of carbonyl (C=O) groups excluding carboxylic acids is 1. The molecule has 0 aliphatic rings. The zero-order valence-electron chi connectivity index (χ0n) is 7.89. The first-order valence-electron chi connectivity index (χ1n) is 3.84. The molecule has 0 unspecified atom stereocenters. The third-order valence-corrected chi connectivity index (χ3v) is 1.10. The standard InChI is InChI=1S/C7H15NO.C2H4/c1-4-5-8(3)6-7(2)9;1-2/h4-6H2,1-3H3;1-2H2. The fraction of sp³-hybridized carbons (Fsp3) is 0.667. The topological polar surface area (TPSA) is 20.3 Å². The smallest absolute Gasteiger partial charge is 0.143 e. The van der Waals surface area contributed by atoms with Crippen molar-refractivity contribution in [3.8, 4) is 0 Å². The van der Waals surface area contributed by atoms with Gasteiger partial charge in [0.25, 0.3) is 0 Å². The summed E-state index contributed by atoms with van der Waals surface area (Å²) in [4.78, 5) is 12.5. The summed E-state index contributed by atoms with van der Waals surface area (Å²) in [6.45, 7) is 11.3. The van der Waals surface area contributed by atoms with Crippen LogP contribution in [0.1, 0.15) is 20.3 Å². The molecule has 0 atom stereocenters. The number of ketones is 1. The van der Waals surface area contributed by atoms with Gasteiger partial charge in [-0.1, -0.05) is 6.92 Å². The van der Waals surface area contributed by atoms with E-state index in [9.17, 15) is 4.79 Å². The minimum Gasteiger partial charge on any atom is -0.299 e. The third kappa shape index (κ3) is 12.5. The number of Topliss-reactive ketones (excluding diaryl/α,β-unsaturated/α-hetero) is 1. The lowest BCUT2D eigenvalue weighted by molar-refractivity contribution is -0.117. The summed E-state index contributed by atoms with van der Waals surface area (Å²) >= 11 is 0. The Morgan fingerprint density at radius 2 is 1.91 bits per heavy atom. The highest BCUT2D eigenvalue weighted by Crippen LogP contribution is 1.85. The molecule has 0 aliphatic heterocycles. The van der Waals surface area contributed by atoms with E-state index in [0.29, 0.717) is 6.54 Å². The van der Waals surface area contributed by atoms with Crippen molar-refractivity contribution in [2.45, 2.75) is 20.3 Å². The van der Waals surface area contributed by atoms with E-state index in [4.69, 9.17) is 0 Å². The summed E-state index contributed by atoms with van der Waals surface area (Å²) in [5.41, 5.74) is 0. The predicted octanol–water partition coefficient (Wildman–Crippen LogP) is 1.72. The van der Waals surface area contributed by atoms with Gasteiger partial charge in [-0.2, -0.15) is 0 Å². The molecule has 0 amide bonds. The number of hydrogen-bond acceptors (Lipinski definition) is 2. The monoisotopic (exact) mass is 157 g/mol. The molecule has 0 rings (SSSR count). The molecule has 0 bridgehead atoms. The van der Waals surface area contributed by atoms with E-state index in [1.54, 1.807) is 6.92 Å². The van der Waals surface area contributed by atoms with Crippen molar-refractivity contribution in [3.05, 3.63) is 13.2 Å². The fourth-order valence-electron chi connectivity index (χ4n) is 0.841. The largest absolute Gasteiger partial charge is 0.299 e. The lowest BCUT2D eigenvalue weighted by atomic mass is 10.4. The van der Waals surface area contributed by atoms with Crippen LogP contribution in [0, 0.1) is 0 Å². The van der Waals surface area contributed by atoms with Gasteiger partial charge in [0.15, 0.2) is 0 Å². The van der Waals surface area contributed by atoms with Gasteiger partial charge in [-0.25, -0.2) is 0 Å². The zero-order valence-corrected chi connectivity index (χ0v) is 7.89. The van der Waals surface area contributed by atoms with Gasteiger partial charge in [-0.05, 0) is 26.9 Å². The van der Waals surface area contributed by atoms with Crippen molar-refractivity contribution < 1.29 is 4.79 Å².